The Morgan fingerprint density at radius 2 is 1.94 bits per heavy atom. The Bertz CT molecular complexity index is 1080. The number of aryl methyl sites for hydroxylation is 1. The number of benzene rings is 1. The predicted molar refractivity (Wildman–Crippen MR) is 121 cm³/mol. The monoisotopic (exact) mass is 474 g/mol. The van der Waals surface area contributed by atoms with Gasteiger partial charge >= 0.3 is 12.1 Å². The molecule has 0 bridgehead atoms. The van der Waals surface area contributed by atoms with E-state index in [1.165, 1.54) is 18.3 Å². The summed E-state index contributed by atoms with van der Waals surface area (Å²) in [5, 5.41) is 9.61. The van der Waals surface area contributed by atoms with Crippen molar-refractivity contribution < 1.29 is 27.8 Å². The number of aliphatic carboxylic acids is 1. The zero-order valence-electron chi connectivity index (χ0n) is 19.1. The molecule has 2 aliphatic heterocycles. The molecule has 5 rings (SSSR count). The highest BCUT2D eigenvalue weighted by atomic mass is 19.4. The van der Waals surface area contributed by atoms with Crippen LogP contribution in [0.5, 0.6) is 5.75 Å². The van der Waals surface area contributed by atoms with Gasteiger partial charge in [0, 0.05) is 32.1 Å². The Labute approximate surface area is 196 Å². The van der Waals surface area contributed by atoms with Crippen LogP contribution in [-0.2, 0) is 17.4 Å². The van der Waals surface area contributed by atoms with Gasteiger partial charge in [0.1, 0.15) is 11.4 Å². The molecule has 1 N–H and O–H groups in total. The lowest BCUT2D eigenvalue weighted by Crippen LogP contribution is -2.50. The number of alkyl halides is 3. The fraction of sp³-hybridized carbons (Fsp3) is 0.538. The maximum Gasteiger partial charge on any atom is 0.435 e. The van der Waals surface area contributed by atoms with Gasteiger partial charge in [-0.3, -0.25) is 4.79 Å². The van der Waals surface area contributed by atoms with Crippen LogP contribution >= 0.6 is 0 Å². The molecule has 1 saturated heterocycles. The Kier molecular flexibility index (Phi) is 5.73. The van der Waals surface area contributed by atoms with Crippen LogP contribution < -0.4 is 9.64 Å². The first-order valence-corrected chi connectivity index (χ1v) is 12.0. The molecule has 1 aromatic heterocycles. The van der Waals surface area contributed by atoms with Gasteiger partial charge in [0.05, 0.1) is 11.6 Å². The van der Waals surface area contributed by atoms with Crippen molar-refractivity contribution in [1.82, 2.24) is 4.98 Å². The number of carboxylic acid groups (broad SMARTS) is 1. The number of nitrogens with zero attached hydrogens (tertiary/aromatic N) is 2. The normalized spacial score (nSPS) is 21.5. The molecular weight excluding hydrogens is 445 g/mol. The van der Waals surface area contributed by atoms with Crippen molar-refractivity contribution in [3.63, 3.8) is 0 Å². The molecule has 1 aliphatic carbocycles. The van der Waals surface area contributed by atoms with Gasteiger partial charge in [0.25, 0.3) is 0 Å². The Morgan fingerprint density at radius 1 is 1.21 bits per heavy atom. The van der Waals surface area contributed by atoms with Gasteiger partial charge in [0.15, 0.2) is 5.69 Å². The number of hydrogen-bond donors (Lipinski definition) is 1. The van der Waals surface area contributed by atoms with Gasteiger partial charge in [-0.2, -0.15) is 13.2 Å². The number of pyridine rings is 1. The molecule has 3 aliphatic rings. The van der Waals surface area contributed by atoms with E-state index in [1.807, 2.05) is 12.1 Å². The highest BCUT2D eigenvalue weighted by Crippen LogP contribution is 2.49. The minimum atomic E-state index is -4.49. The van der Waals surface area contributed by atoms with Gasteiger partial charge in [-0.15, -0.1) is 0 Å². The predicted octanol–water partition coefficient (Wildman–Crippen LogP) is 5.68. The van der Waals surface area contributed by atoms with Crippen LogP contribution in [0.2, 0.25) is 0 Å². The summed E-state index contributed by atoms with van der Waals surface area (Å²) in [5.74, 6) is -0.0794. The van der Waals surface area contributed by atoms with Crippen LogP contribution in [0.3, 0.4) is 0 Å². The van der Waals surface area contributed by atoms with Gasteiger partial charge < -0.3 is 14.7 Å². The Hall–Kier alpha value is -2.77. The molecular formula is C26H29F3N2O3. The van der Waals surface area contributed by atoms with Crippen LogP contribution in [0.25, 0.3) is 0 Å². The summed E-state index contributed by atoms with van der Waals surface area (Å²) in [6, 6.07) is 9.15. The molecule has 1 spiro atoms. The third-order valence-electron chi connectivity index (χ3n) is 7.78. The number of rotatable bonds is 5. The van der Waals surface area contributed by atoms with Crippen molar-refractivity contribution in [2.45, 2.75) is 63.1 Å². The maximum absolute atomic E-state index is 13.4. The van der Waals surface area contributed by atoms with E-state index in [0.717, 1.165) is 42.6 Å². The first-order valence-electron chi connectivity index (χ1n) is 12.0. The second-order valence-corrected chi connectivity index (χ2v) is 10.00. The fourth-order valence-corrected chi connectivity index (χ4v) is 5.68. The van der Waals surface area contributed by atoms with Crippen molar-refractivity contribution in [3.8, 4) is 5.75 Å². The number of piperidine rings is 1. The van der Waals surface area contributed by atoms with Crippen LogP contribution in [0.1, 0.15) is 61.8 Å². The number of hydrogen-bond acceptors (Lipinski definition) is 4. The van der Waals surface area contributed by atoms with Crippen molar-refractivity contribution >= 4 is 11.7 Å². The summed E-state index contributed by atoms with van der Waals surface area (Å²) in [7, 11) is 0. The minimum Gasteiger partial charge on any atom is -0.487 e. The zero-order chi connectivity index (χ0) is 24.1. The van der Waals surface area contributed by atoms with E-state index in [4.69, 9.17) is 4.74 Å². The van der Waals surface area contributed by atoms with E-state index in [-0.39, 0.29) is 11.6 Å². The summed E-state index contributed by atoms with van der Waals surface area (Å²) in [4.78, 5) is 17.0. The lowest BCUT2D eigenvalue weighted by atomic mass is 9.80. The van der Waals surface area contributed by atoms with Crippen molar-refractivity contribution in [2.24, 2.45) is 11.8 Å². The van der Waals surface area contributed by atoms with E-state index >= 15 is 0 Å². The molecule has 1 aromatic carbocycles. The highest BCUT2D eigenvalue weighted by Gasteiger charge is 2.43. The lowest BCUT2D eigenvalue weighted by molar-refractivity contribution is -0.142. The van der Waals surface area contributed by atoms with E-state index < -0.39 is 29.4 Å². The largest absolute Gasteiger partial charge is 0.487 e. The van der Waals surface area contributed by atoms with Gasteiger partial charge in [-0.05, 0) is 66.8 Å². The van der Waals surface area contributed by atoms with E-state index in [1.54, 1.807) is 11.8 Å². The summed E-state index contributed by atoms with van der Waals surface area (Å²) < 4.78 is 46.9. The number of anilines is 1. The SMILES string of the molecule is C[C@H](C(=O)O)[C@H](c1ccc2c(c1)OC1(CC2)CCN(c2cccnc2C(F)(F)F)CC1)C1CC1. The van der Waals surface area contributed by atoms with E-state index in [2.05, 4.69) is 11.1 Å². The first-order chi connectivity index (χ1) is 16.2. The second-order valence-electron chi connectivity index (χ2n) is 10.00. The molecule has 1 saturated carbocycles. The third kappa shape index (κ3) is 4.34. The van der Waals surface area contributed by atoms with Crippen LogP contribution in [-0.4, -0.2) is 34.8 Å². The summed E-state index contributed by atoms with van der Waals surface area (Å²) in [6.07, 6.45) is 1.70. The van der Waals surface area contributed by atoms with Crippen LogP contribution in [0.15, 0.2) is 36.5 Å². The quantitative estimate of drug-likeness (QED) is 0.604. The minimum absolute atomic E-state index is 0.0301. The molecule has 2 aromatic rings. The molecule has 0 radical (unpaired) electrons. The molecule has 3 heterocycles. The topological polar surface area (TPSA) is 62.7 Å². The van der Waals surface area contributed by atoms with Crippen molar-refractivity contribution in [3.05, 3.63) is 53.3 Å². The van der Waals surface area contributed by atoms with Crippen molar-refractivity contribution in [2.75, 3.05) is 18.0 Å². The molecule has 182 valence electrons. The van der Waals surface area contributed by atoms with E-state index in [9.17, 15) is 23.1 Å². The van der Waals surface area contributed by atoms with E-state index in [0.29, 0.717) is 31.8 Å². The molecule has 0 amide bonds. The summed E-state index contributed by atoms with van der Waals surface area (Å²) >= 11 is 0. The number of halogens is 3. The lowest BCUT2D eigenvalue weighted by Gasteiger charge is -2.45. The highest BCUT2D eigenvalue weighted by molar-refractivity contribution is 5.71. The molecule has 8 heteroatoms. The molecule has 2 fully saturated rings. The molecule has 2 atom stereocenters. The number of aromatic nitrogens is 1. The van der Waals surface area contributed by atoms with Gasteiger partial charge in [0.2, 0.25) is 0 Å². The van der Waals surface area contributed by atoms with Crippen LogP contribution in [0, 0.1) is 11.8 Å². The number of carbonyl (C=O) groups is 1. The Morgan fingerprint density at radius 3 is 2.59 bits per heavy atom. The maximum atomic E-state index is 13.4. The third-order valence-corrected chi connectivity index (χ3v) is 7.78. The zero-order valence-corrected chi connectivity index (χ0v) is 19.1. The summed E-state index contributed by atoms with van der Waals surface area (Å²) in [5.41, 5.74) is 0.996. The number of ether oxygens (including phenoxy) is 1. The fourth-order valence-electron chi connectivity index (χ4n) is 5.68. The second kappa shape index (κ2) is 8.47. The van der Waals surface area contributed by atoms with Gasteiger partial charge in [-0.25, -0.2) is 4.98 Å². The summed E-state index contributed by atoms with van der Waals surface area (Å²) in [6.45, 7) is 2.70. The average Bonchev–Trinajstić information content (AvgIpc) is 3.64. The number of fused-ring (bicyclic) bond motifs is 1. The van der Waals surface area contributed by atoms with Gasteiger partial charge in [-0.1, -0.05) is 19.1 Å². The standard InChI is InChI=1S/C26H29F3N2O3/c1-16(24(32)33)22(18-5-6-18)19-7-4-17-8-9-25(34-21(17)15-19)10-13-31(14-11-25)20-3-2-12-30-23(20)26(27,28)29/h2-4,7,12,15-16,18,22H,5-6,8-11,13-14H2,1H3,(H,32,33)/t16-,22-/m0/s1. The molecule has 0 unspecified atom stereocenters. The van der Waals surface area contributed by atoms with Crippen molar-refractivity contribution in [1.29, 1.82) is 0 Å². The number of carboxylic acids is 1. The van der Waals surface area contributed by atoms with Crippen LogP contribution in [0.4, 0.5) is 18.9 Å². The molecule has 5 nitrogen and oxygen atoms in total. The first kappa shape index (κ1) is 23.0. The molecule has 34 heavy (non-hydrogen) atoms. The smallest absolute Gasteiger partial charge is 0.435 e. The Balaban J connectivity index is 1.34. The average molecular weight is 475 g/mol.